The van der Waals surface area contributed by atoms with Gasteiger partial charge in [-0.1, -0.05) is 12.1 Å². The summed E-state index contributed by atoms with van der Waals surface area (Å²) in [5, 5.41) is 9.96. The number of aliphatic hydroxyl groups is 1. The highest BCUT2D eigenvalue weighted by Crippen LogP contribution is 2.31. The first kappa shape index (κ1) is 11.5. The first-order valence-corrected chi connectivity index (χ1v) is 6.32. The molecule has 3 rings (SSSR count). The molecule has 0 saturated carbocycles. The first-order chi connectivity index (χ1) is 8.77. The van der Waals surface area contributed by atoms with Gasteiger partial charge in [0.2, 0.25) is 0 Å². The Kier molecular flexibility index (Phi) is 2.94. The maximum Gasteiger partial charge on any atom is 0.0783 e. The average molecular weight is 243 g/mol. The van der Waals surface area contributed by atoms with Crippen LogP contribution >= 0.6 is 0 Å². The van der Waals surface area contributed by atoms with Crippen molar-refractivity contribution in [3.63, 3.8) is 0 Å². The zero-order valence-electron chi connectivity index (χ0n) is 10.5. The SMILES string of the molecule is CC(O)c1cc2ccccn2c1C1=CCOCC1. The Morgan fingerprint density at radius 2 is 2.28 bits per heavy atom. The maximum absolute atomic E-state index is 9.96. The molecule has 1 unspecified atom stereocenters. The van der Waals surface area contributed by atoms with Crippen molar-refractivity contribution in [2.45, 2.75) is 19.4 Å². The van der Waals surface area contributed by atoms with Crippen LogP contribution in [0.1, 0.15) is 30.7 Å². The Morgan fingerprint density at radius 3 is 3.00 bits per heavy atom. The van der Waals surface area contributed by atoms with Crippen LogP contribution in [0.25, 0.3) is 11.1 Å². The molecule has 3 heteroatoms. The molecular formula is C15H17NO2. The van der Waals surface area contributed by atoms with Crippen molar-refractivity contribution >= 4 is 11.1 Å². The minimum Gasteiger partial charge on any atom is -0.389 e. The molecule has 0 fully saturated rings. The fourth-order valence-corrected chi connectivity index (χ4v) is 2.55. The van der Waals surface area contributed by atoms with E-state index < -0.39 is 6.10 Å². The Hall–Kier alpha value is -1.58. The number of aliphatic hydroxyl groups excluding tert-OH is 1. The molecule has 18 heavy (non-hydrogen) atoms. The minimum atomic E-state index is -0.455. The van der Waals surface area contributed by atoms with Crippen molar-refractivity contribution in [1.82, 2.24) is 4.40 Å². The van der Waals surface area contributed by atoms with E-state index in [9.17, 15) is 5.11 Å². The lowest BCUT2D eigenvalue weighted by molar-refractivity contribution is 0.161. The summed E-state index contributed by atoms with van der Waals surface area (Å²) in [4.78, 5) is 0. The van der Waals surface area contributed by atoms with Crippen molar-refractivity contribution in [3.05, 3.63) is 47.8 Å². The molecule has 3 nitrogen and oxygen atoms in total. The summed E-state index contributed by atoms with van der Waals surface area (Å²) in [6.07, 6.45) is 4.61. The molecule has 0 radical (unpaired) electrons. The average Bonchev–Trinajstić information content (AvgIpc) is 2.79. The second kappa shape index (κ2) is 4.59. The van der Waals surface area contributed by atoms with Gasteiger partial charge in [0, 0.05) is 17.3 Å². The Bertz CT molecular complexity index is 596. The van der Waals surface area contributed by atoms with Gasteiger partial charge in [-0.2, -0.15) is 0 Å². The molecule has 2 aromatic rings. The van der Waals surface area contributed by atoms with Crippen LogP contribution in [0, 0.1) is 0 Å². The number of nitrogens with zero attached hydrogens (tertiary/aromatic N) is 1. The molecule has 1 N–H and O–H groups in total. The van der Waals surface area contributed by atoms with E-state index in [1.165, 1.54) is 5.57 Å². The van der Waals surface area contributed by atoms with E-state index in [1.807, 2.05) is 25.3 Å². The van der Waals surface area contributed by atoms with Gasteiger partial charge in [0.05, 0.1) is 25.0 Å². The second-order valence-corrected chi connectivity index (χ2v) is 4.67. The van der Waals surface area contributed by atoms with Gasteiger partial charge in [0.1, 0.15) is 0 Å². The Labute approximate surface area is 106 Å². The normalized spacial score (nSPS) is 17.8. The van der Waals surface area contributed by atoms with E-state index in [4.69, 9.17) is 4.74 Å². The lowest BCUT2D eigenvalue weighted by atomic mass is 10.0. The number of ether oxygens (including phenoxy) is 1. The summed E-state index contributed by atoms with van der Waals surface area (Å²) in [5.74, 6) is 0. The quantitative estimate of drug-likeness (QED) is 0.880. The molecule has 0 saturated heterocycles. The largest absolute Gasteiger partial charge is 0.389 e. The van der Waals surface area contributed by atoms with Crippen molar-refractivity contribution in [2.24, 2.45) is 0 Å². The second-order valence-electron chi connectivity index (χ2n) is 4.67. The lowest BCUT2D eigenvalue weighted by Crippen LogP contribution is -2.07. The van der Waals surface area contributed by atoms with Gasteiger partial charge in [-0.15, -0.1) is 0 Å². The van der Waals surface area contributed by atoms with Crippen LogP contribution in [-0.2, 0) is 4.74 Å². The van der Waals surface area contributed by atoms with Crippen molar-refractivity contribution < 1.29 is 9.84 Å². The fourth-order valence-electron chi connectivity index (χ4n) is 2.55. The monoisotopic (exact) mass is 243 g/mol. The van der Waals surface area contributed by atoms with Crippen LogP contribution in [0.5, 0.6) is 0 Å². The summed E-state index contributed by atoms with van der Waals surface area (Å²) >= 11 is 0. The third kappa shape index (κ3) is 1.85. The molecule has 94 valence electrons. The van der Waals surface area contributed by atoms with Gasteiger partial charge in [0.15, 0.2) is 0 Å². The minimum absolute atomic E-state index is 0.455. The summed E-state index contributed by atoms with van der Waals surface area (Å²) < 4.78 is 7.51. The van der Waals surface area contributed by atoms with E-state index in [-0.39, 0.29) is 0 Å². The number of pyridine rings is 1. The van der Waals surface area contributed by atoms with Gasteiger partial charge in [-0.3, -0.25) is 0 Å². The van der Waals surface area contributed by atoms with Gasteiger partial charge in [0.25, 0.3) is 0 Å². The van der Waals surface area contributed by atoms with Gasteiger partial charge >= 0.3 is 0 Å². The van der Waals surface area contributed by atoms with Crippen molar-refractivity contribution in [1.29, 1.82) is 0 Å². The molecule has 1 aliphatic rings. The number of hydrogen-bond acceptors (Lipinski definition) is 2. The van der Waals surface area contributed by atoms with Crippen LogP contribution in [0.15, 0.2) is 36.5 Å². The van der Waals surface area contributed by atoms with E-state index >= 15 is 0 Å². The molecule has 1 aliphatic heterocycles. The molecule has 0 aromatic carbocycles. The van der Waals surface area contributed by atoms with Crippen LogP contribution in [0.4, 0.5) is 0 Å². The molecule has 1 atom stereocenters. The van der Waals surface area contributed by atoms with Crippen molar-refractivity contribution in [2.75, 3.05) is 13.2 Å². The van der Waals surface area contributed by atoms with Gasteiger partial charge < -0.3 is 14.2 Å². The smallest absolute Gasteiger partial charge is 0.0783 e. The van der Waals surface area contributed by atoms with Crippen molar-refractivity contribution in [3.8, 4) is 0 Å². The van der Waals surface area contributed by atoms with Crippen LogP contribution in [0.2, 0.25) is 0 Å². The summed E-state index contributed by atoms with van der Waals surface area (Å²) in [6, 6.07) is 8.16. The maximum atomic E-state index is 9.96. The zero-order valence-corrected chi connectivity index (χ0v) is 10.5. The summed E-state index contributed by atoms with van der Waals surface area (Å²) in [5.41, 5.74) is 4.51. The molecule has 2 aromatic heterocycles. The Morgan fingerprint density at radius 1 is 1.39 bits per heavy atom. The summed E-state index contributed by atoms with van der Waals surface area (Å²) in [7, 11) is 0. The highest BCUT2D eigenvalue weighted by Gasteiger charge is 2.18. The zero-order chi connectivity index (χ0) is 12.5. The molecule has 0 bridgehead atoms. The van der Waals surface area contributed by atoms with Gasteiger partial charge in [-0.05, 0) is 37.1 Å². The van der Waals surface area contributed by atoms with Gasteiger partial charge in [-0.25, -0.2) is 0 Å². The molecule has 0 spiro atoms. The molecular weight excluding hydrogens is 226 g/mol. The summed E-state index contributed by atoms with van der Waals surface area (Å²) in [6.45, 7) is 3.23. The predicted molar refractivity (Wildman–Crippen MR) is 71.4 cm³/mol. The highest BCUT2D eigenvalue weighted by atomic mass is 16.5. The standard InChI is InChI=1S/C15H17NO2/c1-11(17)14-10-13-4-2-3-7-16(13)15(14)12-5-8-18-9-6-12/h2-5,7,10-11,17H,6,8-9H2,1H3. The number of rotatable bonds is 2. The topological polar surface area (TPSA) is 33.9 Å². The van der Waals surface area contributed by atoms with E-state index in [0.717, 1.165) is 29.8 Å². The fraction of sp³-hybridized carbons (Fsp3) is 0.333. The molecule has 0 amide bonds. The van der Waals surface area contributed by atoms with Crippen LogP contribution < -0.4 is 0 Å². The molecule has 3 heterocycles. The third-order valence-corrected chi connectivity index (χ3v) is 3.43. The van der Waals surface area contributed by atoms with Crippen LogP contribution in [0.3, 0.4) is 0 Å². The Balaban J connectivity index is 2.23. The number of fused-ring (bicyclic) bond motifs is 1. The molecule has 0 aliphatic carbocycles. The predicted octanol–water partition coefficient (Wildman–Crippen LogP) is 2.80. The van der Waals surface area contributed by atoms with E-state index in [2.05, 4.69) is 22.6 Å². The first-order valence-electron chi connectivity index (χ1n) is 6.32. The van der Waals surface area contributed by atoms with Crippen LogP contribution in [-0.4, -0.2) is 22.7 Å². The third-order valence-electron chi connectivity index (χ3n) is 3.43. The number of aromatic nitrogens is 1. The lowest BCUT2D eigenvalue weighted by Gasteiger charge is -2.16. The highest BCUT2D eigenvalue weighted by molar-refractivity contribution is 5.72. The van der Waals surface area contributed by atoms with E-state index in [1.54, 1.807) is 0 Å². The van der Waals surface area contributed by atoms with E-state index in [0.29, 0.717) is 6.61 Å². The number of hydrogen-bond donors (Lipinski definition) is 1.